The Balaban J connectivity index is 1.35. The molecule has 1 aliphatic carbocycles. The van der Waals surface area contributed by atoms with E-state index in [4.69, 9.17) is 4.74 Å². The minimum atomic E-state index is 0.275. The Morgan fingerprint density at radius 1 is 0.906 bits per heavy atom. The van der Waals surface area contributed by atoms with E-state index in [0.29, 0.717) is 11.7 Å². The number of hydrogen-bond acceptors (Lipinski definition) is 4. The second-order valence-electron chi connectivity index (χ2n) is 8.93. The van der Waals surface area contributed by atoms with Crippen molar-refractivity contribution in [2.75, 3.05) is 39.3 Å². The van der Waals surface area contributed by atoms with Crippen LogP contribution in [0.25, 0.3) is 0 Å². The minimum Gasteiger partial charge on any atom is -0.508 e. The molecular weight excluding hydrogens is 396 g/mol. The first-order chi connectivity index (χ1) is 15.8. The first kappa shape index (κ1) is 21.0. The minimum absolute atomic E-state index is 0.275. The molecule has 3 aromatic carbocycles. The van der Waals surface area contributed by atoms with E-state index in [0.717, 1.165) is 57.9 Å². The van der Waals surface area contributed by atoms with E-state index in [9.17, 15) is 5.11 Å². The highest BCUT2D eigenvalue weighted by molar-refractivity contribution is 5.48. The number of aryl methyl sites for hydroxylation is 1. The Bertz CT molecular complexity index is 1010. The lowest BCUT2D eigenvalue weighted by molar-refractivity contribution is 0.191. The van der Waals surface area contributed by atoms with Gasteiger partial charge in [-0.2, -0.15) is 0 Å². The maximum atomic E-state index is 10.0. The average molecular weight is 429 g/mol. The predicted molar refractivity (Wildman–Crippen MR) is 129 cm³/mol. The van der Waals surface area contributed by atoms with Crippen LogP contribution in [-0.4, -0.2) is 49.3 Å². The highest BCUT2D eigenvalue weighted by atomic mass is 16.5. The highest BCUT2D eigenvalue weighted by Gasteiger charge is 2.32. The number of rotatable bonds is 6. The topological polar surface area (TPSA) is 44.7 Å². The summed E-state index contributed by atoms with van der Waals surface area (Å²) in [5.41, 5.74) is 5.28. The average Bonchev–Trinajstić information content (AvgIpc) is 2.85. The SMILES string of the molecule is Oc1ccc2c(c1)CCC(c1ccccc1)[C@@H]2c1ccc(OCCN2CCNCC2)cc1. The molecule has 0 radical (unpaired) electrons. The van der Waals surface area contributed by atoms with Crippen LogP contribution in [0.3, 0.4) is 0 Å². The number of nitrogens with zero attached hydrogens (tertiary/aromatic N) is 1. The van der Waals surface area contributed by atoms with Gasteiger partial charge in [0, 0.05) is 38.6 Å². The van der Waals surface area contributed by atoms with Crippen LogP contribution < -0.4 is 10.1 Å². The van der Waals surface area contributed by atoms with Gasteiger partial charge in [0.25, 0.3) is 0 Å². The maximum Gasteiger partial charge on any atom is 0.119 e. The van der Waals surface area contributed by atoms with Crippen LogP contribution in [0, 0.1) is 0 Å². The molecule has 1 unspecified atom stereocenters. The second-order valence-corrected chi connectivity index (χ2v) is 8.93. The molecule has 2 aliphatic rings. The fourth-order valence-electron chi connectivity index (χ4n) is 5.28. The summed E-state index contributed by atoms with van der Waals surface area (Å²) in [7, 11) is 0. The van der Waals surface area contributed by atoms with Gasteiger partial charge in [-0.1, -0.05) is 48.5 Å². The maximum absolute atomic E-state index is 10.0. The summed E-state index contributed by atoms with van der Waals surface area (Å²) in [5.74, 6) is 1.99. The molecule has 0 spiro atoms. The molecule has 1 fully saturated rings. The van der Waals surface area contributed by atoms with Crippen molar-refractivity contribution in [3.63, 3.8) is 0 Å². The van der Waals surface area contributed by atoms with E-state index in [1.54, 1.807) is 0 Å². The van der Waals surface area contributed by atoms with Crippen LogP contribution in [0.4, 0.5) is 0 Å². The monoisotopic (exact) mass is 428 g/mol. The van der Waals surface area contributed by atoms with Crippen molar-refractivity contribution in [3.8, 4) is 11.5 Å². The first-order valence-electron chi connectivity index (χ1n) is 11.8. The lowest BCUT2D eigenvalue weighted by atomic mass is 9.69. The largest absolute Gasteiger partial charge is 0.508 e. The van der Waals surface area contributed by atoms with Crippen molar-refractivity contribution in [1.29, 1.82) is 0 Å². The number of phenols is 1. The van der Waals surface area contributed by atoms with Crippen LogP contribution >= 0.6 is 0 Å². The van der Waals surface area contributed by atoms with E-state index in [-0.39, 0.29) is 5.92 Å². The Hall–Kier alpha value is -2.82. The van der Waals surface area contributed by atoms with Gasteiger partial charge in [0.15, 0.2) is 0 Å². The van der Waals surface area contributed by atoms with Crippen molar-refractivity contribution < 1.29 is 9.84 Å². The van der Waals surface area contributed by atoms with Crippen LogP contribution in [0.5, 0.6) is 11.5 Å². The van der Waals surface area contributed by atoms with Gasteiger partial charge in [-0.25, -0.2) is 0 Å². The van der Waals surface area contributed by atoms with E-state index in [1.165, 1.54) is 22.3 Å². The van der Waals surface area contributed by atoms with Gasteiger partial charge in [-0.15, -0.1) is 0 Å². The molecule has 4 heteroatoms. The Labute approximate surface area is 190 Å². The van der Waals surface area contributed by atoms with E-state index >= 15 is 0 Å². The fourth-order valence-corrected chi connectivity index (χ4v) is 5.28. The van der Waals surface area contributed by atoms with Gasteiger partial charge >= 0.3 is 0 Å². The summed E-state index contributed by atoms with van der Waals surface area (Å²) in [6.45, 7) is 6.02. The molecule has 2 N–H and O–H groups in total. The molecule has 4 nitrogen and oxygen atoms in total. The number of fused-ring (bicyclic) bond motifs is 1. The summed E-state index contributed by atoms with van der Waals surface area (Å²) >= 11 is 0. The molecule has 1 heterocycles. The highest BCUT2D eigenvalue weighted by Crippen LogP contribution is 2.47. The molecule has 0 aromatic heterocycles. The molecule has 2 atom stereocenters. The zero-order valence-electron chi connectivity index (χ0n) is 18.5. The summed E-state index contributed by atoms with van der Waals surface area (Å²) in [5, 5.41) is 13.4. The summed E-state index contributed by atoms with van der Waals surface area (Å²) in [6, 6.07) is 25.4. The number of benzene rings is 3. The fraction of sp³-hybridized carbons (Fsp3) is 0.357. The predicted octanol–water partition coefficient (Wildman–Crippen LogP) is 4.54. The summed E-state index contributed by atoms with van der Waals surface area (Å²) < 4.78 is 6.05. The van der Waals surface area contributed by atoms with Crippen molar-refractivity contribution in [1.82, 2.24) is 10.2 Å². The zero-order valence-corrected chi connectivity index (χ0v) is 18.5. The van der Waals surface area contributed by atoms with Gasteiger partial charge in [0.05, 0.1) is 0 Å². The Morgan fingerprint density at radius 2 is 1.69 bits per heavy atom. The number of ether oxygens (including phenoxy) is 1. The Morgan fingerprint density at radius 3 is 2.47 bits per heavy atom. The molecule has 1 saturated heterocycles. The molecule has 5 rings (SSSR count). The van der Waals surface area contributed by atoms with Gasteiger partial charge in [0.2, 0.25) is 0 Å². The second kappa shape index (κ2) is 9.76. The molecule has 3 aromatic rings. The Kier molecular flexibility index (Phi) is 6.42. The first-order valence-corrected chi connectivity index (χ1v) is 11.8. The van der Waals surface area contributed by atoms with Crippen LogP contribution in [0.15, 0.2) is 72.8 Å². The standard InChI is InChI=1S/C28H32N2O2/c31-24-9-13-27-23(20-24)8-12-26(21-4-2-1-3-5-21)28(27)22-6-10-25(11-7-22)32-19-18-30-16-14-29-15-17-30/h1-7,9-11,13,20,26,28-29,31H,8,12,14-19H2/t26?,28-/m0/s1. The van der Waals surface area contributed by atoms with Gasteiger partial charge in [-0.05, 0) is 65.3 Å². The molecule has 1 aliphatic heterocycles. The van der Waals surface area contributed by atoms with Crippen molar-refractivity contribution in [3.05, 3.63) is 95.1 Å². The van der Waals surface area contributed by atoms with Gasteiger partial charge in [0.1, 0.15) is 18.1 Å². The van der Waals surface area contributed by atoms with E-state index in [1.807, 2.05) is 12.1 Å². The van der Waals surface area contributed by atoms with Crippen LogP contribution in [0.2, 0.25) is 0 Å². The third-order valence-corrected chi connectivity index (χ3v) is 6.94. The normalized spacial score (nSPS) is 21.1. The third kappa shape index (κ3) is 4.67. The molecular formula is C28H32N2O2. The van der Waals surface area contributed by atoms with Gasteiger partial charge in [-0.3, -0.25) is 4.90 Å². The number of phenolic OH excluding ortho intramolecular Hbond substituents is 1. The zero-order chi connectivity index (χ0) is 21.8. The number of hydrogen-bond donors (Lipinski definition) is 2. The molecule has 0 bridgehead atoms. The van der Waals surface area contributed by atoms with Crippen LogP contribution in [-0.2, 0) is 6.42 Å². The lowest BCUT2D eigenvalue weighted by Crippen LogP contribution is -2.44. The van der Waals surface area contributed by atoms with Crippen molar-refractivity contribution in [2.24, 2.45) is 0 Å². The van der Waals surface area contributed by atoms with Gasteiger partial charge < -0.3 is 15.2 Å². The molecule has 0 amide bonds. The van der Waals surface area contributed by atoms with E-state index < -0.39 is 0 Å². The third-order valence-electron chi connectivity index (χ3n) is 6.94. The number of aromatic hydroxyl groups is 1. The molecule has 166 valence electrons. The van der Waals surface area contributed by atoms with E-state index in [2.05, 4.69) is 70.9 Å². The van der Waals surface area contributed by atoms with Crippen molar-refractivity contribution >= 4 is 0 Å². The number of piperazine rings is 1. The van der Waals surface area contributed by atoms with Crippen LogP contribution in [0.1, 0.15) is 40.5 Å². The lowest BCUT2D eigenvalue weighted by Gasteiger charge is -2.35. The molecule has 0 saturated carbocycles. The van der Waals surface area contributed by atoms with Crippen molar-refractivity contribution in [2.45, 2.75) is 24.7 Å². The number of nitrogens with one attached hydrogen (secondary N) is 1. The summed E-state index contributed by atoms with van der Waals surface area (Å²) in [6.07, 6.45) is 2.07. The quantitative estimate of drug-likeness (QED) is 0.605. The molecule has 32 heavy (non-hydrogen) atoms. The smallest absolute Gasteiger partial charge is 0.119 e. The summed E-state index contributed by atoms with van der Waals surface area (Å²) in [4.78, 5) is 2.45.